The summed E-state index contributed by atoms with van der Waals surface area (Å²) in [7, 11) is 0. The van der Waals surface area contributed by atoms with Crippen LogP contribution in [0.25, 0.3) is 0 Å². The Morgan fingerprint density at radius 3 is 2.47 bits per heavy atom. The van der Waals surface area contributed by atoms with E-state index in [1.54, 1.807) is 0 Å². The lowest BCUT2D eigenvalue weighted by atomic mass is 9.75. The molecule has 2 aliphatic rings. The van der Waals surface area contributed by atoms with Gasteiger partial charge in [-0.3, -0.25) is 0 Å². The number of hydrogen-bond acceptors (Lipinski definition) is 2. The van der Waals surface area contributed by atoms with Gasteiger partial charge in [-0.2, -0.15) is 0 Å². The molecule has 2 nitrogen and oxygen atoms in total. The van der Waals surface area contributed by atoms with Crippen molar-refractivity contribution in [3.8, 4) is 0 Å². The minimum absolute atomic E-state index is 0.468. The predicted octanol–water partition coefficient (Wildman–Crippen LogP) is 2.15. The minimum atomic E-state index is 0.468. The zero-order valence-electron chi connectivity index (χ0n) is 10.5. The Balaban J connectivity index is 1.88. The standard InChI is InChI=1S/C13H26N2/c1-12(2,3)8-11-9-13(10-15-11)4-6-14-7-5-13/h11,14-15H,4-10H2,1-3H3. The molecular formula is C13H26N2. The highest BCUT2D eigenvalue weighted by atomic mass is 15.0. The molecule has 2 fully saturated rings. The maximum absolute atomic E-state index is 3.75. The van der Waals surface area contributed by atoms with Gasteiger partial charge in [0.1, 0.15) is 0 Å². The lowest BCUT2D eigenvalue weighted by molar-refractivity contribution is 0.217. The number of hydrogen-bond donors (Lipinski definition) is 2. The summed E-state index contributed by atoms with van der Waals surface area (Å²) in [4.78, 5) is 0. The van der Waals surface area contributed by atoms with Gasteiger partial charge in [0.05, 0.1) is 0 Å². The van der Waals surface area contributed by atoms with E-state index in [2.05, 4.69) is 31.4 Å². The average Bonchev–Trinajstić information content (AvgIpc) is 2.47. The molecule has 2 heterocycles. The lowest BCUT2D eigenvalue weighted by Crippen LogP contribution is -2.37. The van der Waals surface area contributed by atoms with E-state index >= 15 is 0 Å². The van der Waals surface area contributed by atoms with Crippen LogP contribution in [0.4, 0.5) is 0 Å². The molecule has 88 valence electrons. The van der Waals surface area contributed by atoms with E-state index in [1.165, 1.54) is 45.3 Å². The number of rotatable bonds is 1. The summed E-state index contributed by atoms with van der Waals surface area (Å²) in [5.41, 5.74) is 1.11. The second kappa shape index (κ2) is 4.06. The van der Waals surface area contributed by atoms with E-state index in [4.69, 9.17) is 0 Å². The molecule has 0 aromatic heterocycles. The van der Waals surface area contributed by atoms with Crippen LogP contribution in [-0.4, -0.2) is 25.7 Å². The van der Waals surface area contributed by atoms with E-state index in [0.29, 0.717) is 10.8 Å². The van der Waals surface area contributed by atoms with Crippen LogP contribution < -0.4 is 10.6 Å². The van der Waals surface area contributed by atoms with E-state index in [0.717, 1.165) is 6.04 Å². The van der Waals surface area contributed by atoms with Crippen molar-refractivity contribution < 1.29 is 0 Å². The molecule has 2 rings (SSSR count). The van der Waals surface area contributed by atoms with Gasteiger partial charge in [-0.25, -0.2) is 0 Å². The Hall–Kier alpha value is -0.0800. The molecule has 0 aromatic rings. The molecule has 0 amide bonds. The Kier molecular flexibility index (Phi) is 3.09. The topological polar surface area (TPSA) is 24.1 Å². The summed E-state index contributed by atoms with van der Waals surface area (Å²) in [6.07, 6.45) is 5.48. The average molecular weight is 210 g/mol. The van der Waals surface area contributed by atoms with Crippen molar-refractivity contribution in [1.82, 2.24) is 10.6 Å². The highest BCUT2D eigenvalue weighted by Crippen LogP contribution is 2.40. The first-order chi connectivity index (χ1) is 6.99. The fourth-order valence-corrected chi connectivity index (χ4v) is 3.25. The van der Waals surface area contributed by atoms with Crippen molar-refractivity contribution in [2.45, 2.75) is 52.5 Å². The normalized spacial score (nSPS) is 31.0. The molecule has 2 heteroatoms. The molecule has 1 unspecified atom stereocenters. The molecule has 0 aromatic carbocycles. The Morgan fingerprint density at radius 2 is 1.87 bits per heavy atom. The van der Waals surface area contributed by atoms with Crippen LogP contribution in [-0.2, 0) is 0 Å². The summed E-state index contributed by atoms with van der Waals surface area (Å²) >= 11 is 0. The largest absolute Gasteiger partial charge is 0.317 e. The van der Waals surface area contributed by atoms with Crippen LogP contribution in [0.15, 0.2) is 0 Å². The van der Waals surface area contributed by atoms with Crippen molar-refractivity contribution in [1.29, 1.82) is 0 Å². The van der Waals surface area contributed by atoms with E-state index in [1.807, 2.05) is 0 Å². The minimum Gasteiger partial charge on any atom is -0.317 e. The van der Waals surface area contributed by atoms with Gasteiger partial charge in [0.25, 0.3) is 0 Å². The van der Waals surface area contributed by atoms with Crippen LogP contribution in [0, 0.1) is 10.8 Å². The molecule has 1 spiro atoms. The zero-order valence-corrected chi connectivity index (χ0v) is 10.5. The Bertz CT molecular complexity index is 211. The van der Waals surface area contributed by atoms with Crippen molar-refractivity contribution in [3.63, 3.8) is 0 Å². The SMILES string of the molecule is CC(C)(C)CC1CC2(CCNCC2)CN1. The van der Waals surface area contributed by atoms with Gasteiger partial charge in [0.15, 0.2) is 0 Å². The fraction of sp³-hybridized carbons (Fsp3) is 1.00. The zero-order chi connectivity index (χ0) is 10.9. The van der Waals surface area contributed by atoms with E-state index in [-0.39, 0.29) is 0 Å². The molecule has 0 saturated carbocycles. The monoisotopic (exact) mass is 210 g/mol. The highest BCUT2D eigenvalue weighted by Gasteiger charge is 2.40. The second-order valence-electron chi connectivity index (χ2n) is 6.80. The van der Waals surface area contributed by atoms with Crippen LogP contribution in [0.3, 0.4) is 0 Å². The van der Waals surface area contributed by atoms with E-state index in [9.17, 15) is 0 Å². The van der Waals surface area contributed by atoms with Gasteiger partial charge in [-0.1, -0.05) is 20.8 Å². The predicted molar refractivity (Wildman–Crippen MR) is 65.0 cm³/mol. The second-order valence-corrected chi connectivity index (χ2v) is 6.80. The summed E-state index contributed by atoms with van der Waals surface area (Å²) in [5.74, 6) is 0. The number of piperidine rings is 1. The van der Waals surface area contributed by atoms with Crippen molar-refractivity contribution in [3.05, 3.63) is 0 Å². The molecule has 2 aliphatic heterocycles. The molecule has 0 radical (unpaired) electrons. The van der Waals surface area contributed by atoms with Crippen LogP contribution in [0.1, 0.15) is 46.5 Å². The third kappa shape index (κ3) is 2.94. The van der Waals surface area contributed by atoms with Gasteiger partial charge < -0.3 is 10.6 Å². The molecular weight excluding hydrogens is 184 g/mol. The Labute approximate surface area is 94.2 Å². The van der Waals surface area contributed by atoms with Gasteiger partial charge in [0, 0.05) is 12.6 Å². The lowest BCUT2D eigenvalue weighted by Gasteiger charge is -2.33. The Morgan fingerprint density at radius 1 is 1.20 bits per heavy atom. The molecule has 0 bridgehead atoms. The van der Waals surface area contributed by atoms with Crippen molar-refractivity contribution >= 4 is 0 Å². The first-order valence-electron chi connectivity index (χ1n) is 6.43. The first kappa shape index (κ1) is 11.4. The van der Waals surface area contributed by atoms with Crippen LogP contribution in [0.2, 0.25) is 0 Å². The van der Waals surface area contributed by atoms with E-state index < -0.39 is 0 Å². The van der Waals surface area contributed by atoms with Crippen LogP contribution >= 0.6 is 0 Å². The third-order valence-electron chi connectivity index (χ3n) is 3.97. The highest BCUT2D eigenvalue weighted by molar-refractivity contribution is 4.97. The van der Waals surface area contributed by atoms with Gasteiger partial charge >= 0.3 is 0 Å². The maximum Gasteiger partial charge on any atom is 0.00780 e. The molecule has 2 saturated heterocycles. The van der Waals surface area contributed by atoms with Gasteiger partial charge in [-0.15, -0.1) is 0 Å². The summed E-state index contributed by atoms with van der Waals surface area (Å²) in [6.45, 7) is 10.8. The van der Waals surface area contributed by atoms with Crippen molar-refractivity contribution in [2.24, 2.45) is 10.8 Å². The van der Waals surface area contributed by atoms with Crippen molar-refractivity contribution in [2.75, 3.05) is 19.6 Å². The molecule has 1 atom stereocenters. The fourth-order valence-electron chi connectivity index (χ4n) is 3.25. The molecule has 15 heavy (non-hydrogen) atoms. The first-order valence-corrected chi connectivity index (χ1v) is 6.43. The summed E-state index contributed by atoms with van der Waals surface area (Å²) < 4.78 is 0. The van der Waals surface area contributed by atoms with Gasteiger partial charge in [0.2, 0.25) is 0 Å². The third-order valence-corrected chi connectivity index (χ3v) is 3.97. The molecule has 2 N–H and O–H groups in total. The molecule has 0 aliphatic carbocycles. The summed E-state index contributed by atoms with van der Waals surface area (Å²) in [6, 6.07) is 0.767. The maximum atomic E-state index is 3.75. The smallest absolute Gasteiger partial charge is 0.00780 e. The summed E-state index contributed by atoms with van der Waals surface area (Å²) in [5, 5.41) is 7.22. The number of nitrogens with one attached hydrogen (secondary N) is 2. The van der Waals surface area contributed by atoms with Crippen LogP contribution in [0.5, 0.6) is 0 Å². The quantitative estimate of drug-likeness (QED) is 0.693. The van der Waals surface area contributed by atoms with Gasteiger partial charge in [-0.05, 0) is 49.6 Å².